The van der Waals surface area contributed by atoms with Crippen LogP contribution < -0.4 is 0 Å². The van der Waals surface area contributed by atoms with Crippen molar-refractivity contribution >= 4 is 7.28 Å². The monoisotopic (exact) mass is 264 g/mol. The van der Waals surface area contributed by atoms with Crippen LogP contribution in [0.4, 0.5) is 0 Å². The molecule has 0 aromatic rings. The molecule has 2 atom stereocenters. The van der Waals surface area contributed by atoms with E-state index in [9.17, 15) is 0 Å². The topological polar surface area (TPSA) is 3.24 Å². The summed E-state index contributed by atoms with van der Waals surface area (Å²) < 4.78 is 0. The van der Waals surface area contributed by atoms with Crippen LogP contribution >= 0.6 is 0 Å². The Labute approximate surface area is 122 Å². The lowest BCUT2D eigenvalue weighted by Gasteiger charge is -2.49. The van der Waals surface area contributed by atoms with Gasteiger partial charge in [0.2, 0.25) is 0 Å². The molecule has 0 amide bonds. The minimum atomic E-state index is 0.286. The molecule has 0 bridgehead atoms. The van der Waals surface area contributed by atoms with Gasteiger partial charge in [-0.3, -0.25) is 4.90 Å². The van der Waals surface area contributed by atoms with Gasteiger partial charge in [-0.25, -0.2) is 0 Å². The number of likely N-dealkylation sites (tertiary alicyclic amines) is 1. The Kier molecular flexibility index (Phi) is 4.88. The average molecular weight is 264 g/mol. The van der Waals surface area contributed by atoms with Crippen LogP contribution in [-0.2, 0) is 0 Å². The van der Waals surface area contributed by atoms with Crippen LogP contribution in [0.5, 0.6) is 0 Å². The lowest BCUT2D eigenvalue weighted by Crippen LogP contribution is -2.52. The van der Waals surface area contributed by atoms with Crippen molar-refractivity contribution in [3.8, 4) is 0 Å². The van der Waals surface area contributed by atoms with Crippen molar-refractivity contribution in [2.45, 2.75) is 85.4 Å². The predicted molar refractivity (Wildman–Crippen MR) is 88.1 cm³/mol. The number of hydrogen-bond acceptors (Lipinski definition) is 1. The highest BCUT2D eigenvalue weighted by molar-refractivity contribution is 6.41. The Hall–Kier alpha value is 0.0249. The Morgan fingerprint density at radius 3 is 1.74 bits per heavy atom. The third-order valence-electron chi connectivity index (χ3n) is 4.39. The number of rotatable bonds is 1. The van der Waals surface area contributed by atoms with E-state index in [4.69, 9.17) is 0 Å². The molecule has 0 aliphatic carbocycles. The summed E-state index contributed by atoms with van der Waals surface area (Å²) in [5.74, 6) is 1.53. The molecule has 1 heterocycles. The van der Waals surface area contributed by atoms with Crippen LogP contribution in [0.2, 0.25) is 11.1 Å². The lowest BCUT2D eigenvalue weighted by molar-refractivity contribution is 0.0384. The van der Waals surface area contributed by atoms with Crippen molar-refractivity contribution in [2.75, 3.05) is 13.1 Å². The van der Waals surface area contributed by atoms with E-state index in [2.05, 4.69) is 74.5 Å². The molecule has 111 valence electrons. The van der Waals surface area contributed by atoms with Crippen molar-refractivity contribution in [3.05, 3.63) is 0 Å². The van der Waals surface area contributed by atoms with E-state index >= 15 is 0 Å². The largest absolute Gasteiger partial charge is 0.299 e. The zero-order valence-electron chi connectivity index (χ0n) is 14.8. The van der Waals surface area contributed by atoms with Crippen LogP contribution in [0.3, 0.4) is 0 Å². The highest BCUT2D eigenvalue weighted by Crippen LogP contribution is 2.42. The first-order valence-corrected chi connectivity index (χ1v) is 7.90. The molecule has 1 radical (unpaired) electrons. The van der Waals surface area contributed by atoms with Gasteiger partial charge in [0.15, 0.2) is 0 Å². The Morgan fingerprint density at radius 2 is 1.37 bits per heavy atom. The molecule has 0 saturated carbocycles. The van der Waals surface area contributed by atoms with E-state index in [-0.39, 0.29) is 5.54 Å². The average Bonchev–Trinajstić information content (AvgIpc) is 2.11. The van der Waals surface area contributed by atoms with Crippen molar-refractivity contribution < 1.29 is 0 Å². The maximum Gasteiger partial charge on any atom is 0.122 e. The molecule has 1 fully saturated rings. The van der Waals surface area contributed by atoms with Gasteiger partial charge in [0.05, 0.1) is 0 Å². The summed E-state index contributed by atoms with van der Waals surface area (Å²) in [5, 5.41) is 0.327. The van der Waals surface area contributed by atoms with Gasteiger partial charge in [0, 0.05) is 12.1 Å². The number of hydrogen-bond donors (Lipinski definition) is 0. The summed E-state index contributed by atoms with van der Waals surface area (Å²) in [6.45, 7) is 23.7. The maximum atomic E-state index is 2.69. The van der Waals surface area contributed by atoms with Crippen LogP contribution in [0.1, 0.15) is 68.7 Å². The summed E-state index contributed by atoms with van der Waals surface area (Å²) >= 11 is 0. The Balaban J connectivity index is 2.84. The fourth-order valence-electron chi connectivity index (χ4n) is 3.14. The van der Waals surface area contributed by atoms with Gasteiger partial charge in [0.1, 0.15) is 7.28 Å². The van der Waals surface area contributed by atoms with Gasteiger partial charge in [-0.2, -0.15) is 0 Å². The maximum absolute atomic E-state index is 2.69. The molecule has 19 heavy (non-hydrogen) atoms. The fraction of sp³-hybridized carbons (Fsp3) is 1.00. The third-order valence-corrected chi connectivity index (χ3v) is 4.39. The predicted octanol–water partition coefficient (Wildman–Crippen LogP) is 4.86. The van der Waals surface area contributed by atoms with Crippen molar-refractivity contribution in [2.24, 2.45) is 11.3 Å². The van der Waals surface area contributed by atoms with Gasteiger partial charge < -0.3 is 0 Å². The first-order valence-electron chi connectivity index (χ1n) is 7.90. The second kappa shape index (κ2) is 5.43. The second-order valence-corrected chi connectivity index (χ2v) is 9.67. The van der Waals surface area contributed by atoms with E-state index in [1.807, 2.05) is 0 Å². The zero-order chi connectivity index (χ0) is 15.1. The molecule has 1 saturated heterocycles. The van der Waals surface area contributed by atoms with Gasteiger partial charge >= 0.3 is 0 Å². The van der Waals surface area contributed by atoms with Crippen molar-refractivity contribution in [1.82, 2.24) is 4.90 Å². The third kappa shape index (κ3) is 5.49. The van der Waals surface area contributed by atoms with E-state index in [0.717, 1.165) is 11.7 Å². The highest BCUT2D eigenvalue weighted by atomic mass is 15.2. The first kappa shape index (κ1) is 17.1. The van der Waals surface area contributed by atoms with Gasteiger partial charge in [0.25, 0.3) is 0 Å². The van der Waals surface area contributed by atoms with E-state index < -0.39 is 0 Å². The molecular weight excluding hydrogens is 229 g/mol. The fourth-order valence-corrected chi connectivity index (χ4v) is 3.14. The van der Waals surface area contributed by atoms with Crippen molar-refractivity contribution in [3.63, 3.8) is 0 Å². The molecule has 1 aliphatic heterocycles. The summed E-state index contributed by atoms with van der Waals surface area (Å²) in [6.07, 6.45) is 1.35. The SMILES string of the molecule is CC(C)(C)[B]C1CC(C(C)(C)C)CN(C(C)(C)C)C1. The first-order chi connectivity index (χ1) is 8.29. The quantitative estimate of drug-likeness (QED) is 0.611. The normalized spacial score (nSPS) is 27.4. The summed E-state index contributed by atoms with van der Waals surface area (Å²) in [4.78, 5) is 2.69. The van der Waals surface area contributed by atoms with E-state index in [0.29, 0.717) is 10.7 Å². The van der Waals surface area contributed by atoms with Gasteiger partial charge in [-0.15, -0.1) is 0 Å². The Morgan fingerprint density at radius 1 is 0.842 bits per heavy atom. The molecule has 0 N–H and O–H groups in total. The molecule has 1 aliphatic rings. The summed E-state index contributed by atoms with van der Waals surface area (Å²) in [5.41, 5.74) is 0.696. The van der Waals surface area contributed by atoms with Crippen molar-refractivity contribution in [1.29, 1.82) is 0 Å². The minimum Gasteiger partial charge on any atom is -0.299 e. The molecule has 1 nitrogen and oxygen atoms in total. The summed E-state index contributed by atoms with van der Waals surface area (Å²) in [7, 11) is 2.59. The van der Waals surface area contributed by atoms with Crippen LogP contribution in [0.15, 0.2) is 0 Å². The van der Waals surface area contributed by atoms with E-state index in [1.165, 1.54) is 19.5 Å². The van der Waals surface area contributed by atoms with Gasteiger partial charge in [-0.05, 0) is 38.6 Å². The highest BCUT2D eigenvalue weighted by Gasteiger charge is 2.38. The molecular formula is C17H35BN. The minimum absolute atomic E-state index is 0.286. The van der Waals surface area contributed by atoms with E-state index in [1.54, 1.807) is 0 Å². The zero-order valence-corrected chi connectivity index (χ0v) is 14.8. The lowest BCUT2D eigenvalue weighted by atomic mass is 9.45. The van der Waals surface area contributed by atoms with Crippen LogP contribution in [0.25, 0.3) is 0 Å². The molecule has 0 aromatic carbocycles. The Bertz CT molecular complexity index is 268. The van der Waals surface area contributed by atoms with Gasteiger partial charge in [-0.1, -0.05) is 59.1 Å². The smallest absolute Gasteiger partial charge is 0.122 e. The molecule has 0 spiro atoms. The van der Waals surface area contributed by atoms with Crippen LogP contribution in [-0.4, -0.2) is 30.8 Å². The standard InChI is InChI=1S/C17H35BN/c1-15(2,3)13-10-14(18-16(4,5)6)12-19(11-13)17(7,8)9/h13-14H,10-12H2,1-9H3. The summed E-state index contributed by atoms with van der Waals surface area (Å²) in [6, 6.07) is 0. The van der Waals surface area contributed by atoms with Crippen LogP contribution in [0, 0.1) is 11.3 Å². The molecule has 1 rings (SSSR count). The number of nitrogens with zero attached hydrogens (tertiary/aromatic N) is 1. The molecule has 2 unspecified atom stereocenters. The molecule has 0 aromatic heterocycles. The molecule has 2 heteroatoms. The number of piperidine rings is 1. The second-order valence-electron chi connectivity index (χ2n) is 9.67.